The number of anilines is 1. The largest absolute Gasteiger partial charge is 0.497 e. The van der Waals surface area contributed by atoms with E-state index in [0.717, 1.165) is 34.2 Å². The summed E-state index contributed by atoms with van der Waals surface area (Å²) in [5, 5.41) is 4.62. The van der Waals surface area contributed by atoms with Gasteiger partial charge in [0.15, 0.2) is 5.11 Å². The maximum Gasteiger partial charge on any atom is 0.174 e. The molecule has 0 radical (unpaired) electrons. The fourth-order valence-corrected chi connectivity index (χ4v) is 5.37. The van der Waals surface area contributed by atoms with E-state index < -0.39 is 0 Å². The van der Waals surface area contributed by atoms with E-state index in [1.807, 2.05) is 48.5 Å². The molecule has 2 aromatic carbocycles. The van der Waals surface area contributed by atoms with Gasteiger partial charge < -0.3 is 29.0 Å². The molecule has 0 spiro atoms. The number of nitrogens with zero attached hydrogens (tertiary/aromatic N) is 3. The van der Waals surface area contributed by atoms with Crippen LogP contribution in [-0.4, -0.2) is 42.1 Å². The summed E-state index contributed by atoms with van der Waals surface area (Å²) in [6, 6.07) is 23.6. The predicted molar refractivity (Wildman–Crippen MR) is 154 cm³/mol. The normalized spacial score (nSPS) is 16.9. The monoisotopic (exact) mass is 548 g/mol. The second-order valence-electron chi connectivity index (χ2n) is 8.89. The van der Waals surface area contributed by atoms with Crippen molar-refractivity contribution in [2.75, 3.05) is 32.3 Å². The number of halogens is 1. The number of aryl methyl sites for hydroxylation is 1. The Kier molecular flexibility index (Phi) is 7.83. The van der Waals surface area contributed by atoms with Gasteiger partial charge >= 0.3 is 0 Å². The van der Waals surface area contributed by atoms with Crippen molar-refractivity contribution in [2.24, 2.45) is 0 Å². The summed E-state index contributed by atoms with van der Waals surface area (Å²) in [5.74, 6) is 1.40. The molecule has 196 valence electrons. The Morgan fingerprint density at radius 2 is 1.76 bits per heavy atom. The summed E-state index contributed by atoms with van der Waals surface area (Å²) < 4.78 is 18.5. The lowest BCUT2D eigenvalue weighted by Crippen LogP contribution is -2.30. The molecule has 0 saturated carbocycles. The van der Waals surface area contributed by atoms with Crippen molar-refractivity contribution in [3.05, 3.63) is 101 Å². The minimum atomic E-state index is -0.204. The van der Waals surface area contributed by atoms with Crippen LogP contribution in [0, 0.1) is 6.92 Å². The molecule has 4 aromatic rings. The van der Waals surface area contributed by atoms with Crippen molar-refractivity contribution in [1.82, 2.24) is 14.9 Å². The van der Waals surface area contributed by atoms with Crippen molar-refractivity contribution in [2.45, 2.75) is 19.0 Å². The molecule has 2 atom stereocenters. The highest BCUT2D eigenvalue weighted by Crippen LogP contribution is 2.44. The summed E-state index contributed by atoms with van der Waals surface area (Å²) in [6.07, 6.45) is 1.80. The quantitative estimate of drug-likeness (QED) is 0.202. The van der Waals surface area contributed by atoms with Gasteiger partial charge in [-0.25, -0.2) is 0 Å². The number of nitrogens with one attached hydrogen (secondary N) is 1. The molecule has 1 N–H and O–H groups in total. The molecular formula is C29H29ClN4O3S. The third-order valence-corrected chi connectivity index (χ3v) is 7.19. The van der Waals surface area contributed by atoms with Crippen molar-refractivity contribution in [3.8, 4) is 17.2 Å². The Morgan fingerprint density at radius 3 is 2.45 bits per heavy atom. The van der Waals surface area contributed by atoms with E-state index >= 15 is 0 Å². The van der Waals surface area contributed by atoms with Crippen molar-refractivity contribution in [1.29, 1.82) is 0 Å². The molecule has 7 nitrogen and oxygen atoms in total. The first-order valence-electron chi connectivity index (χ1n) is 12.3. The van der Waals surface area contributed by atoms with Crippen molar-refractivity contribution in [3.63, 3.8) is 0 Å². The standard InChI is InChI=1S/C29H29ClN4O3S/c1-19-7-13-25(33(19)20-8-11-22(36-3)12-9-20)28-27(24-6-4-5-15-31-24)32-29(38)34(28)21-10-14-26(23(30)18-21)37-17-16-35-2/h4-15,18,27-28H,16-17H2,1-3H3,(H,32,38)/t27-,28+/m0/s1. The Hall–Kier alpha value is -3.59. The molecule has 5 rings (SSSR count). The zero-order valence-electron chi connectivity index (χ0n) is 21.4. The van der Waals surface area contributed by atoms with Gasteiger partial charge in [-0.1, -0.05) is 17.7 Å². The van der Waals surface area contributed by atoms with Gasteiger partial charge in [-0.3, -0.25) is 4.98 Å². The van der Waals surface area contributed by atoms with E-state index in [1.165, 1.54) is 0 Å². The van der Waals surface area contributed by atoms with Crippen LogP contribution < -0.4 is 19.7 Å². The predicted octanol–water partition coefficient (Wildman–Crippen LogP) is 6.05. The topological polar surface area (TPSA) is 60.8 Å². The number of ether oxygens (including phenoxy) is 3. The average molecular weight is 549 g/mol. The van der Waals surface area contributed by atoms with Crippen molar-refractivity contribution < 1.29 is 14.2 Å². The van der Waals surface area contributed by atoms with Crippen LogP contribution in [-0.2, 0) is 4.74 Å². The van der Waals surface area contributed by atoms with E-state index in [-0.39, 0.29) is 12.1 Å². The first-order chi connectivity index (χ1) is 18.5. The zero-order chi connectivity index (χ0) is 26.6. The van der Waals surface area contributed by atoms with Crippen LogP contribution in [0.3, 0.4) is 0 Å². The highest BCUT2D eigenvalue weighted by atomic mass is 35.5. The molecule has 0 bridgehead atoms. The third kappa shape index (κ3) is 5.07. The third-order valence-electron chi connectivity index (χ3n) is 6.58. The fourth-order valence-electron chi connectivity index (χ4n) is 4.80. The zero-order valence-corrected chi connectivity index (χ0v) is 23.0. The summed E-state index contributed by atoms with van der Waals surface area (Å²) in [6.45, 7) is 2.99. The SMILES string of the molecule is COCCOc1ccc(N2C(=S)N[C@@H](c3ccccn3)[C@H]2c2ccc(C)n2-c2ccc(OC)cc2)cc1Cl. The summed E-state index contributed by atoms with van der Waals surface area (Å²) in [5.41, 5.74) is 4.94. The molecule has 2 aromatic heterocycles. The molecular weight excluding hydrogens is 520 g/mol. The Morgan fingerprint density at radius 1 is 0.974 bits per heavy atom. The summed E-state index contributed by atoms with van der Waals surface area (Å²) >= 11 is 12.6. The summed E-state index contributed by atoms with van der Waals surface area (Å²) in [4.78, 5) is 6.78. The Balaban J connectivity index is 1.60. The van der Waals surface area contributed by atoms with Crippen molar-refractivity contribution >= 4 is 34.6 Å². The first kappa shape index (κ1) is 26.0. The van der Waals surface area contributed by atoms with Crippen LogP contribution in [0.5, 0.6) is 11.5 Å². The molecule has 0 unspecified atom stereocenters. The lowest BCUT2D eigenvalue weighted by atomic mass is 10.0. The number of hydrogen-bond donors (Lipinski definition) is 1. The van der Waals surface area contributed by atoms with Crippen LogP contribution in [0.25, 0.3) is 5.69 Å². The molecule has 0 aliphatic carbocycles. The van der Waals surface area contributed by atoms with Crippen LogP contribution in [0.15, 0.2) is 79.0 Å². The van der Waals surface area contributed by atoms with Gasteiger partial charge in [0.05, 0.1) is 30.5 Å². The van der Waals surface area contributed by atoms with Gasteiger partial charge in [-0.2, -0.15) is 0 Å². The second-order valence-corrected chi connectivity index (χ2v) is 9.68. The van der Waals surface area contributed by atoms with Crippen LogP contribution in [0.2, 0.25) is 5.02 Å². The molecule has 1 saturated heterocycles. The average Bonchev–Trinajstić information content (AvgIpc) is 3.49. The Labute approximate surface area is 232 Å². The molecule has 9 heteroatoms. The van der Waals surface area contributed by atoms with E-state index in [2.05, 4.69) is 51.0 Å². The van der Waals surface area contributed by atoms with E-state index in [9.17, 15) is 0 Å². The molecule has 1 aliphatic rings. The van der Waals surface area contributed by atoms with Gasteiger partial charge in [0.25, 0.3) is 0 Å². The highest BCUT2D eigenvalue weighted by Gasteiger charge is 2.42. The van der Waals surface area contributed by atoms with Gasteiger partial charge in [-0.05, 0) is 85.9 Å². The fraction of sp³-hybridized carbons (Fsp3) is 0.241. The van der Waals surface area contributed by atoms with Crippen LogP contribution in [0.1, 0.15) is 29.2 Å². The maximum absolute atomic E-state index is 6.66. The highest BCUT2D eigenvalue weighted by molar-refractivity contribution is 7.80. The van der Waals surface area contributed by atoms with Gasteiger partial charge in [0, 0.05) is 36.1 Å². The Bertz CT molecular complexity index is 1410. The maximum atomic E-state index is 6.66. The van der Waals surface area contributed by atoms with E-state index in [0.29, 0.717) is 29.1 Å². The number of benzene rings is 2. The smallest absolute Gasteiger partial charge is 0.174 e. The lowest BCUT2D eigenvalue weighted by Gasteiger charge is -2.29. The molecule has 0 amide bonds. The van der Waals surface area contributed by atoms with Crippen LogP contribution >= 0.6 is 23.8 Å². The minimum Gasteiger partial charge on any atom is -0.497 e. The molecule has 1 fully saturated rings. The number of methoxy groups -OCH3 is 2. The number of thiocarbonyl (C=S) groups is 1. The van der Waals surface area contributed by atoms with E-state index in [1.54, 1.807) is 20.4 Å². The van der Waals surface area contributed by atoms with Gasteiger partial charge in [0.1, 0.15) is 24.1 Å². The minimum absolute atomic E-state index is 0.189. The molecule has 1 aliphatic heterocycles. The lowest BCUT2D eigenvalue weighted by molar-refractivity contribution is 0.146. The second kappa shape index (κ2) is 11.4. The van der Waals surface area contributed by atoms with E-state index in [4.69, 9.17) is 38.0 Å². The number of pyridine rings is 1. The number of aromatic nitrogens is 2. The van der Waals surface area contributed by atoms with Crippen LogP contribution in [0.4, 0.5) is 5.69 Å². The number of rotatable bonds is 9. The first-order valence-corrected chi connectivity index (χ1v) is 13.0. The molecule has 3 heterocycles. The van der Waals surface area contributed by atoms with Gasteiger partial charge in [0.2, 0.25) is 0 Å². The van der Waals surface area contributed by atoms with Gasteiger partial charge in [-0.15, -0.1) is 0 Å². The number of hydrogen-bond acceptors (Lipinski definition) is 5. The summed E-state index contributed by atoms with van der Waals surface area (Å²) in [7, 11) is 3.30. The molecule has 38 heavy (non-hydrogen) atoms.